The zero-order valence-corrected chi connectivity index (χ0v) is 21.0. The average Bonchev–Trinajstić information content (AvgIpc) is 3.37. The fourth-order valence-electron chi connectivity index (χ4n) is 5.48. The summed E-state index contributed by atoms with van der Waals surface area (Å²) in [5, 5.41) is 13.9. The standard InChI is InChI=1S/C28H33FN6O/c1-3-25(27-31-32-33-35(27)24-10-5-4-6-11-24)34(17-20-12-14-23(29)15-13-20)18-22-16-21-9-7-8-19(2)26(21)30-28(22)36/h7-9,12-16,24-25H,3-6,10-11,17-18H2,1-2H3,(H,30,36). The van der Waals surface area contributed by atoms with Crippen molar-refractivity contribution >= 4 is 10.9 Å². The first-order valence-corrected chi connectivity index (χ1v) is 12.9. The minimum atomic E-state index is -0.264. The maximum Gasteiger partial charge on any atom is 0.252 e. The minimum Gasteiger partial charge on any atom is -0.321 e. The number of hydrogen-bond acceptors (Lipinski definition) is 5. The molecule has 0 radical (unpaired) electrons. The highest BCUT2D eigenvalue weighted by atomic mass is 19.1. The van der Waals surface area contributed by atoms with Crippen LogP contribution in [-0.2, 0) is 13.1 Å². The molecular weight excluding hydrogens is 455 g/mol. The number of aromatic amines is 1. The second-order valence-corrected chi connectivity index (χ2v) is 9.89. The molecule has 1 aliphatic carbocycles. The molecule has 2 heterocycles. The van der Waals surface area contributed by atoms with E-state index in [-0.39, 0.29) is 17.4 Å². The Morgan fingerprint density at radius 3 is 2.64 bits per heavy atom. The van der Waals surface area contributed by atoms with Gasteiger partial charge in [0, 0.05) is 18.7 Å². The Kier molecular flexibility index (Phi) is 7.23. The van der Waals surface area contributed by atoms with Gasteiger partial charge in [0.2, 0.25) is 0 Å². The molecule has 2 aromatic heterocycles. The molecule has 1 aliphatic rings. The van der Waals surface area contributed by atoms with Gasteiger partial charge in [-0.1, -0.05) is 56.5 Å². The van der Waals surface area contributed by atoms with E-state index in [2.05, 4.69) is 32.3 Å². The van der Waals surface area contributed by atoms with E-state index in [4.69, 9.17) is 0 Å². The number of fused-ring (bicyclic) bond motifs is 1. The summed E-state index contributed by atoms with van der Waals surface area (Å²) in [6.07, 6.45) is 6.56. The van der Waals surface area contributed by atoms with Crippen molar-refractivity contribution in [2.45, 2.75) is 77.5 Å². The lowest BCUT2D eigenvalue weighted by Gasteiger charge is -2.32. The van der Waals surface area contributed by atoms with E-state index in [1.807, 2.05) is 35.9 Å². The highest BCUT2D eigenvalue weighted by Crippen LogP contribution is 2.32. The molecule has 0 aliphatic heterocycles. The highest BCUT2D eigenvalue weighted by molar-refractivity contribution is 5.81. The number of rotatable bonds is 8. The fraction of sp³-hybridized carbons (Fsp3) is 0.429. The zero-order chi connectivity index (χ0) is 25.1. The van der Waals surface area contributed by atoms with Gasteiger partial charge in [0.1, 0.15) is 5.82 Å². The normalized spacial score (nSPS) is 15.6. The van der Waals surface area contributed by atoms with Gasteiger partial charge in [-0.15, -0.1) is 5.10 Å². The van der Waals surface area contributed by atoms with E-state index in [0.29, 0.717) is 24.7 Å². The van der Waals surface area contributed by atoms with Gasteiger partial charge in [0.05, 0.1) is 17.6 Å². The number of aromatic nitrogens is 5. The molecule has 4 aromatic rings. The second-order valence-electron chi connectivity index (χ2n) is 9.89. The van der Waals surface area contributed by atoms with E-state index in [1.54, 1.807) is 12.1 Å². The molecule has 5 rings (SSSR count). The molecule has 2 aromatic carbocycles. The van der Waals surface area contributed by atoms with E-state index in [9.17, 15) is 9.18 Å². The summed E-state index contributed by atoms with van der Waals surface area (Å²) in [5.74, 6) is 0.569. The van der Waals surface area contributed by atoms with Crippen molar-refractivity contribution in [1.82, 2.24) is 30.1 Å². The van der Waals surface area contributed by atoms with Gasteiger partial charge in [0.25, 0.3) is 5.56 Å². The lowest BCUT2D eigenvalue weighted by atomic mass is 9.95. The Labute approximate surface area is 210 Å². The van der Waals surface area contributed by atoms with Crippen LogP contribution in [0.5, 0.6) is 0 Å². The maximum absolute atomic E-state index is 13.6. The van der Waals surface area contributed by atoms with Crippen LogP contribution in [0.1, 0.15) is 80.0 Å². The molecule has 0 saturated heterocycles. The van der Waals surface area contributed by atoms with Crippen LogP contribution in [-0.4, -0.2) is 30.1 Å². The Balaban J connectivity index is 1.53. The molecule has 1 fully saturated rings. The summed E-state index contributed by atoms with van der Waals surface area (Å²) >= 11 is 0. The summed E-state index contributed by atoms with van der Waals surface area (Å²) in [4.78, 5) is 18.5. The Bertz CT molecular complexity index is 1370. The van der Waals surface area contributed by atoms with Crippen LogP contribution in [0.3, 0.4) is 0 Å². The topological polar surface area (TPSA) is 79.7 Å². The molecule has 1 saturated carbocycles. The first-order chi connectivity index (χ1) is 17.5. The van der Waals surface area contributed by atoms with E-state index in [0.717, 1.165) is 47.1 Å². The van der Waals surface area contributed by atoms with E-state index < -0.39 is 0 Å². The fourth-order valence-corrected chi connectivity index (χ4v) is 5.48. The lowest BCUT2D eigenvalue weighted by molar-refractivity contribution is 0.155. The van der Waals surface area contributed by atoms with Gasteiger partial charge < -0.3 is 4.98 Å². The number of aryl methyl sites for hydroxylation is 1. The third kappa shape index (κ3) is 5.09. The van der Waals surface area contributed by atoms with E-state index in [1.165, 1.54) is 31.4 Å². The molecule has 1 atom stereocenters. The number of benzene rings is 2. The molecule has 188 valence electrons. The van der Waals surface area contributed by atoms with Crippen molar-refractivity contribution in [3.8, 4) is 0 Å². The molecule has 0 amide bonds. The average molecular weight is 489 g/mol. The smallest absolute Gasteiger partial charge is 0.252 e. The number of nitrogens with zero attached hydrogens (tertiary/aromatic N) is 5. The van der Waals surface area contributed by atoms with Gasteiger partial charge in [-0.25, -0.2) is 9.07 Å². The largest absolute Gasteiger partial charge is 0.321 e. The second kappa shape index (κ2) is 10.7. The van der Waals surface area contributed by atoms with Crippen LogP contribution >= 0.6 is 0 Å². The van der Waals surface area contributed by atoms with Crippen molar-refractivity contribution in [2.75, 3.05) is 0 Å². The molecule has 36 heavy (non-hydrogen) atoms. The summed E-state index contributed by atoms with van der Waals surface area (Å²) in [6.45, 7) is 5.08. The SMILES string of the molecule is CCC(c1nnnn1C1CCCCC1)N(Cc1ccc(F)cc1)Cc1cc2cccc(C)c2[nH]c1=O. The zero-order valence-electron chi connectivity index (χ0n) is 21.0. The van der Waals surface area contributed by atoms with Crippen LogP contribution in [0.25, 0.3) is 10.9 Å². The minimum absolute atomic E-state index is 0.0948. The van der Waals surface area contributed by atoms with Gasteiger partial charge in [-0.05, 0) is 71.3 Å². The van der Waals surface area contributed by atoms with Gasteiger partial charge >= 0.3 is 0 Å². The molecule has 0 spiro atoms. The monoisotopic (exact) mass is 488 g/mol. The van der Waals surface area contributed by atoms with Gasteiger partial charge in [0.15, 0.2) is 5.82 Å². The van der Waals surface area contributed by atoms with E-state index >= 15 is 0 Å². The van der Waals surface area contributed by atoms with Crippen LogP contribution < -0.4 is 5.56 Å². The Morgan fingerprint density at radius 2 is 1.89 bits per heavy atom. The summed E-state index contributed by atoms with van der Waals surface area (Å²) in [7, 11) is 0. The number of para-hydroxylation sites is 1. The quantitative estimate of drug-likeness (QED) is 0.348. The first-order valence-electron chi connectivity index (χ1n) is 12.9. The highest BCUT2D eigenvalue weighted by Gasteiger charge is 2.29. The van der Waals surface area contributed by atoms with Crippen molar-refractivity contribution in [3.63, 3.8) is 0 Å². The summed E-state index contributed by atoms with van der Waals surface area (Å²) < 4.78 is 15.6. The number of H-pyrrole nitrogens is 1. The molecular formula is C28H33FN6O. The van der Waals surface area contributed by atoms with Gasteiger partial charge in [-0.2, -0.15) is 0 Å². The number of nitrogens with one attached hydrogen (secondary N) is 1. The molecule has 7 nitrogen and oxygen atoms in total. The van der Waals surface area contributed by atoms with Crippen LogP contribution in [0, 0.1) is 12.7 Å². The van der Waals surface area contributed by atoms with Crippen molar-refractivity contribution in [2.24, 2.45) is 0 Å². The van der Waals surface area contributed by atoms with Crippen LogP contribution in [0.15, 0.2) is 53.3 Å². The summed E-state index contributed by atoms with van der Waals surface area (Å²) in [5.41, 5.74) is 3.47. The predicted molar refractivity (Wildman–Crippen MR) is 138 cm³/mol. The lowest BCUT2D eigenvalue weighted by Crippen LogP contribution is -2.33. The number of halogens is 1. The van der Waals surface area contributed by atoms with Gasteiger partial charge in [-0.3, -0.25) is 9.69 Å². The number of tetrazole rings is 1. The molecule has 1 N–H and O–H groups in total. The van der Waals surface area contributed by atoms with Crippen molar-refractivity contribution in [3.05, 3.63) is 87.2 Å². The predicted octanol–water partition coefficient (Wildman–Crippen LogP) is 5.62. The van der Waals surface area contributed by atoms with Crippen LogP contribution in [0.4, 0.5) is 4.39 Å². The molecule has 1 unspecified atom stereocenters. The van der Waals surface area contributed by atoms with Crippen molar-refractivity contribution in [1.29, 1.82) is 0 Å². The first kappa shape index (κ1) is 24.3. The summed E-state index contributed by atoms with van der Waals surface area (Å²) in [6, 6.07) is 14.8. The van der Waals surface area contributed by atoms with Crippen LogP contribution in [0.2, 0.25) is 0 Å². The van der Waals surface area contributed by atoms with Crippen molar-refractivity contribution < 1.29 is 4.39 Å². The number of hydrogen-bond donors (Lipinski definition) is 1. The Morgan fingerprint density at radius 1 is 1.11 bits per heavy atom. The third-order valence-corrected chi connectivity index (χ3v) is 7.40. The molecule has 0 bridgehead atoms. The third-order valence-electron chi connectivity index (χ3n) is 7.40. The maximum atomic E-state index is 13.6. The molecule has 8 heteroatoms. The Hall–Kier alpha value is -3.39. The number of pyridine rings is 1.